The molecule has 1 aliphatic heterocycles. The lowest BCUT2D eigenvalue weighted by Crippen LogP contribution is -2.34. The van der Waals surface area contributed by atoms with Crippen molar-refractivity contribution >= 4 is 5.91 Å². The summed E-state index contributed by atoms with van der Waals surface area (Å²) in [5.41, 5.74) is -0.152. The van der Waals surface area contributed by atoms with Gasteiger partial charge in [0.15, 0.2) is 0 Å². The topological polar surface area (TPSA) is 20.3 Å². The summed E-state index contributed by atoms with van der Waals surface area (Å²) in [5, 5.41) is 0. The van der Waals surface area contributed by atoms with E-state index in [9.17, 15) is 4.79 Å². The van der Waals surface area contributed by atoms with Gasteiger partial charge in [-0.2, -0.15) is 0 Å². The monoisotopic (exact) mass is 181 g/mol. The minimum atomic E-state index is -0.152. The molecule has 0 aromatic carbocycles. The zero-order valence-electron chi connectivity index (χ0n) is 9.00. The molecular formula is C11H19NO. The minimum Gasteiger partial charge on any atom is -0.336 e. The Morgan fingerprint density at radius 2 is 2.23 bits per heavy atom. The van der Waals surface area contributed by atoms with Crippen molar-refractivity contribution in [2.75, 3.05) is 6.54 Å². The van der Waals surface area contributed by atoms with Crippen LogP contribution in [0.3, 0.4) is 0 Å². The first-order valence-corrected chi connectivity index (χ1v) is 4.91. The normalized spacial score (nSPS) is 27.5. The van der Waals surface area contributed by atoms with Crippen molar-refractivity contribution in [1.29, 1.82) is 0 Å². The van der Waals surface area contributed by atoms with Gasteiger partial charge in [-0.3, -0.25) is 4.79 Å². The van der Waals surface area contributed by atoms with Crippen LogP contribution in [0.5, 0.6) is 0 Å². The highest BCUT2D eigenvalue weighted by Crippen LogP contribution is 2.34. The maximum atomic E-state index is 11.8. The van der Waals surface area contributed by atoms with Gasteiger partial charge in [0.05, 0.1) is 0 Å². The van der Waals surface area contributed by atoms with Crippen LogP contribution in [-0.4, -0.2) is 23.4 Å². The quantitative estimate of drug-likeness (QED) is 0.598. The minimum absolute atomic E-state index is 0.152. The number of hydrogen-bond donors (Lipinski definition) is 0. The number of carbonyl (C=O) groups excluding carboxylic acids is 1. The maximum absolute atomic E-state index is 11.8. The molecule has 2 nitrogen and oxygen atoms in total. The van der Waals surface area contributed by atoms with Gasteiger partial charge in [-0.25, -0.2) is 0 Å². The lowest BCUT2D eigenvalue weighted by molar-refractivity contribution is -0.134. The molecule has 74 valence electrons. The second-order valence-corrected chi connectivity index (χ2v) is 4.46. The largest absolute Gasteiger partial charge is 0.336 e. The van der Waals surface area contributed by atoms with Gasteiger partial charge in [0.1, 0.15) is 0 Å². The summed E-state index contributed by atoms with van der Waals surface area (Å²) in [4.78, 5) is 13.8. The van der Waals surface area contributed by atoms with Crippen LogP contribution in [0.25, 0.3) is 0 Å². The fourth-order valence-electron chi connectivity index (χ4n) is 2.01. The van der Waals surface area contributed by atoms with Crippen LogP contribution in [-0.2, 0) is 4.79 Å². The van der Waals surface area contributed by atoms with E-state index >= 15 is 0 Å². The molecule has 0 aromatic heterocycles. The van der Waals surface area contributed by atoms with E-state index in [1.807, 2.05) is 37.8 Å². The molecule has 1 rings (SSSR count). The van der Waals surface area contributed by atoms with E-state index in [1.165, 1.54) is 0 Å². The molecule has 0 saturated carbocycles. The Kier molecular flexibility index (Phi) is 2.79. The first kappa shape index (κ1) is 10.3. The third-order valence-corrected chi connectivity index (χ3v) is 2.72. The van der Waals surface area contributed by atoms with E-state index < -0.39 is 0 Å². The van der Waals surface area contributed by atoms with Gasteiger partial charge in [-0.15, -0.1) is 0 Å². The van der Waals surface area contributed by atoms with Crippen molar-refractivity contribution in [3.8, 4) is 0 Å². The first-order chi connectivity index (χ1) is 5.99. The van der Waals surface area contributed by atoms with Gasteiger partial charge in [0.2, 0.25) is 5.91 Å². The van der Waals surface area contributed by atoms with Crippen LogP contribution in [0.1, 0.15) is 34.1 Å². The van der Waals surface area contributed by atoms with Gasteiger partial charge in [-0.05, 0) is 20.3 Å². The summed E-state index contributed by atoms with van der Waals surface area (Å²) in [6.07, 6.45) is 5.00. The van der Waals surface area contributed by atoms with Crippen molar-refractivity contribution < 1.29 is 4.79 Å². The molecule has 0 aliphatic carbocycles. The molecule has 0 radical (unpaired) electrons. The fourth-order valence-corrected chi connectivity index (χ4v) is 2.01. The zero-order valence-corrected chi connectivity index (χ0v) is 9.00. The number of likely N-dealkylation sites (tertiary alicyclic amines) is 1. The van der Waals surface area contributed by atoms with E-state index in [2.05, 4.69) is 6.92 Å². The first-order valence-electron chi connectivity index (χ1n) is 4.91. The van der Waals surface area contributed by atoms with Crippen LogP contribution < -0.4 is 0 Å². The zero-order chi connectivity index (χ0) is 10.1. The molecule has 0 spiro atoms. The number of amides is 1. The van der Waals surface area contributed by atoms with E-state index in [1.54, 1.807) is 0 Å². The number of allylic oxidation sites excluding steroid dienone is 1. The summed E-state index contributed by atoms with van der Waals surface area (Å²) in [6.45, 7) is 8.93. The molecule has 1 atom stereocenters. The smallest absolute Gasteiger partial charge is 0.228 e. The van der Waals surface area contributed by atoms with Crippen LogP contribution in [0.15, 0.2) is 12.2 Å². The molecule has 13 heavy (non-hydrogen) atoms. The number of carbonyl (C=O) groups is 1. The van der Waals surface area contributed by atoms with Crippen molar-refractivity contribution in [3.05, 3.63) is 12.2 Å². The molecule has 1 heterocycles. The van der Waals surface area contributed by atoms with Crippen LogP contribution in [0.2, 0.25) is 0 Å². The highest BCUT2D eigenvalue weighted by molar-refractivity contribution is 5.84. The summed E-state index contributed by atoms with van der Waals surface area (Å²) in [7, 11) is 0. The molecule has 1 fully saturated rings. The van der Waals surface area contributed by atoms with Gasteiger partial charge >= 0.3 is 0 Å². The predicted molar refractivity (Wildman–Crippen MR) is 54.4 cm³/mol. The molecule has 0 bridgehead atoms. The van der Waals surface area contributed by atoms with E-state index in [0.29, 0.717) is 6.04 Å². The second kappa shape index (κ2) is 3.52. The van der Waals surface area contributed by atoms with Crippen molar-refractivity contribution in [1.82, 2.24) is 4.90 Å². The summed E-state index contributed by atoms with van der Waals surface area (Å²) in [6, 6.07) is 0.388. The highest BCUT2D eigenvalue weighted by atomic mass is 16.2. The van der Waals surface area contributed by atoms with Crippen LogP contribution >= 0.6 is 0 Å². The predicted octanol–water partition coefficient (Wildman–Crippen LogP) is 2.21. The fraction of sp³-hybridized carbons (Fsp3) is 0.727. The standard InChI is InChI=1S/C11H19NO/c1-5-6-7-12-9(2)8-11(3,4)10(12)13/h5-6,9H,7-8H2,1-4H3/b6-5+/t9-/m1/s1. The Morgan fingerprint density at radius 3 is 2.62 bits per heavy atom. The third kappa shape index (κ3) is 1.93. The molecule has 0 aromatic rings. The number of hydrogen-bond acceptors (Lipinski definition) is 1. The van der Waals surface area contributed by atoms with Crippen molar-refractivity contribution in [3.63, 3.8) is 0 Å². The number of rotatable bonds is 2. The molecule has 2 heteroatoms. The Labute approximate surface area is 80.6 Å². The molecule has 1 saturated heterocycles. The van der Waals surface area contributed by atoms with E-state index in [4.69, 9.17) is 0 Å². The van der Waals surface area contributed by atoms with Crippen molar-refractivity contribution in [2.45, 2.75) is 40.2 Å². The molecule has 0 N–H and O–H groups in total. The summed E-state index contributed by atoms with van der Waals surface area (Å²) >= 11 is 0. The van der Waals surface area contributed by atoms with Crippen LogP contribution in [0.4, 0.5) is 0 Å². The Hall–Kier alpha value is -0.790. The Balaban J connectivity index is 2.71. The Morgan fingerprint density at radius 1 is 1.62 bits per heavy atom. The summed E-state index contributed by atoms with van der Waals surface area (Å²) in [5.74, 6) is 0.290. The van der Waals surface area contributed by atoms with E-state index in [-0.39, 0.29) is 11.3 Å². The summed E-state index contributed by atoms with van der Waals surface area (Å²) < 4.78 is 0. The van der Waals surface area contributed by atoms with Crippen LogP contribution in [0, 0.1) is 5.41 Å². The average Bonchev–Trinajstić information content (AvgIpc) is 2.21. The average molecular weight is 181 g/mol. The third-order valence-electron chi connectivity index (χ3n) is 2.72. The lowest BCUT2D eigenvalue weighted by Gasteiger charge is -2.20. The SMILES string of the molecule is C/C=C/CN1C(=O)C(C)(C)C[C@H]1C. The molecule has 0 unspecified atom stereocenters. The van der Waals surface area contributed by atoms with Gasteiger partial charge in [0, 0.05) is 18.0 Å². The maximum Gasteiger partial charge on any atom is 0.228 e. The van der Waals surface area contributed by atoms with Gasteiger partial charge < -0.3 is 4.90 Å². The van der Waals surface area contributed by atoms with Crippen molar-refractivity contribution in [2.24, 2.45) is 5.41 Å². The molecular weight excluding hydrogens is 162 g/mol. The number of nitrogens with zero attached hydrogens (tertiary/aromatic N) is 1. The highest BCUT2D eigenvalue weighted by Gasteiger charge is 2.42. The molecule has 1 amide bonds. The second-order valence-electron chi connectivity index (χ2n) is 4.46. The van der Waals surface area contributed by atoms with E-state index in [0.717, 1.165) is 13.0 Å². The van der Waals surface area contributed by atoms with Gasteiger partial charge in [0.25, 0.3) is 0 Å². The van der Waals surface area contributed by atoms with Gasteiger partial charge in [-0.1, -0.05) is 26.0 Å². The Bertz CT molecular complexity index is 230. The molecule has 1 aliphatic rings. The lowest BCUT2D eigenvalue weighted by atomic mass is 9.90.